The Hall–Kier alpha value is -3.03. The van der Waals surface area contributed by atoms with E-state index < -0.39 is 17.2 Å². The average molecular weight is 400 g/mol. The van der Waals surface area contributed by atoms with E-state index in [4.69, 9.17) is 17.3 Å². The van der Waals surface area contributed by atoms with Crippen molar-refractivity contribution in [2.75, 3.05) is 5.73 Å². The van der Waals surface area contributed by atoms with E-state index in [0.717, 1.165) is 16.0 Å². The summed E-state index contributed by atoms with van der Waals surface area (Å²) in [6, 6.07) is 11.6. The van der Waals surface area contributed by atoms with Gasteiger partial charge in [0.1, 0.15) is 11.5 Å². The van der Waals surface area contributed by atoms with Crippen molar-refractivity contribution in [3.8, 4) is 5.69 Å². The van der Waals surface area contributed by atoms with Gasteiger partial charge in [0, 0.05) is 21.4 Å². The summed E-state index contributed by atoms with van der Waals surface area (Å²) in [5.74, 6) is -0.879. The first kappa shape index (κ1) is 17.4. The molecule has 2 heterocycles. The van der Waals surface area contributed by atoms with Crippen LogP contribution < -0.4 is 11.3 Å². The number of fused-ring (bicyclic) bond motifs is 1. The fourth-order valence-corrected chi connectivity index (χ4v) is 3.65. The second-order valence-electron chi connectivity index (χ2n) is 5.77. The minimum absolute atomic E-state index is 0.0686. The summed E-state index contributed by atoms with van der Waals surface area (Å²) in [7, 11) is 0. The largest absolute Gasteiger partial charge is 0.390 e. The summed E-state index contributed by atoms with van der Waals surface area (Å²) < 4.78 is 14.3. The number of thiophene rings is 1. The van der Waals surface area contributed by atoms with Crippen LogP contribution in [-0.4, -0.2) is 15.6 Å². The van der Waals surface area contributed by atoms with Crippen LogP contribution in [0.1, 0.15) is 16.1 Å². The number of aromatic nitrogens is 2. The van der Waals surface area contributed by atoms with Crippen LogP contribution in [0, 0.1) is 5.82 Å². The number of carbonyl (C=O) groups is 1. The van der Waals surface area contributed by atoms with Crippen molar-refractivity contribution < 1.29 is 9.18 Å². The highest BCUT2D eigenvalue weighted by atomic mass is 35.5. The van der Waals surface area contributed by atoms with Crippen LogP contribution in [-0.2, 0) is 0 Å². The maximum atomic E-state index is 13.2. The molecule has 0 aliphatic carbocycles. The Labute approximate surface area is 161 Å². The van der Waals surface area contributed by atoms with Gasteiger partial charge in [-0.3, -0.25) is 9.59 Å². The Kier molecular flexibility index (Phi) is 4.25. The molecule has 0 atom stereocenters. The second-order valence-corrected chi connectivity index (χ2v) is 7.11. The number of carbonyl (C=O) groups excluding carboxylic acids is 1. The van der Waals surface area contributed by atoms with Crippen molar-refractivity contribution >= 4 is 44.5 Å². The maximum absolute atomic E-state index is 13.2. The fraction of sp³-hybridized carbons (Fsp3) is 0. The molecule has 4 aromatic rings. The molecule has 0 spiro atoms. The number of rotatable bonds is 3. The monoisotopic (exact) mass is 399 g/mol. The Morgan fingerprint density at radius 2 is 1.78 bits per heavy atom. The van der Waals surface area contributed by atoms with Crippen molar-refractivity contribution in [3.63, 3.8) is 0 Å². The lowest BCUT2D eigenvalue weighted by molar-refractivity contribution is 0.103. The topological polar surface area (TPSA) is 78.0 Å². The van der Waals surface area contributed by atoms with Crippen LogP contribution in [0.3, 0.4) is 0 Å². The lowest BCUT2D eigenvalue weighted by Crippen LogP contribution is -2.24. The second kappa shape index (κ2) is 6.61. The number of anilines is 1. The van der Waals surface area contributed by atoms with Crippen LogP contribution in [0.15, 0.2) is 58.7 Å². The van der Waals surface area contributed by atoms with Gasteiger partial charge in [0.05, 0.1) is 16.1 Å². The molecular formula is C19H11ClFN3O2S. The van der Waals surface area contributed by atoms with Crippen molar-refractivity contribution in [2.24, 2.45) is 0 Å². The number of nitrogens with two attached hydrogens (primary N) is 1. The van der Waals surface area contributed by atoms with Gasteiger partial charge in [0.2, 0.25) is 5.78 Å². The number of nitrogens with zero attached hydrogens (tertiary/aromatic N) is 2. The molecular weight excluding hydrogens is 389 g/mol. The first-order valence-electron chi connectivity index (χ1n) is 7.82. The molecule has 0 amide bonds. The molecule has 0 saturated heterocycles. The van der Waals surface area contributed by atoms with Crippen molar-refractivity contribution in [1.82, 2.24) is 9.78 Å². The molecule has 0 aliphatic rings. The summed E-state index contributed by atoms with van der Waals surface area (Å²) >= 11 is 7.06. The molecule has 2 aromatic heterocycles. The van der Waals surface area contributed by atoms with Crippen LogP contribution in [0.5, 0.6) is 0 Å². The van der Waals surface area contributed by atoms with Gasteiger partial charge in [0.15, 0.2) is 0 Å². The number of benzene rings is 2. The molecule has 2 N–H and O–H groups in total. The smallest absolute Gasteiger partial charge is 0.282 e. The third kappa shape index (κ3) is 3.01. The average Bonchev–Trinajstić information content (AvgIpc) is 3.05. The predicted molar refractivity (Wildman–Crippen MR) is 104 cm³/mol. The summed E-state index contributed by atoms with van der Waals surface area (Å²) in [5, 5.41) is 7.32. The highest BCUT2D eigenvalue weighted by molar-refractivity contribution is 7.15. The van der Waals surface area contributed by atoms with Crippen molar-refractivity contribution in [3.05, 3.63) is 86.4 Å². The molecule has 4 rings (SSSR count). The Morgan fingerprint density at radius 3 is 2.44 bits per heavy atom. The van der Waals surface area contributed by atoms with Crippen LogP contribution in [0.2, 0.25) is 5.02 Å². The van der Waals surface area contributed by atoms with E-state index in [-0.39, 0.29) is 16.6 Å². The third-order valence-corrected chi connectivity index (χ3v) is 5.14. The van der Waals surface area contributed by atoms with E-state index in [9.17, 15) is 14.0 Å². The molecule has 0 unspecified atom stereocenters. The van der Waals surface area contributed by atoms with Crippen molar-refractivity contribution in [2.45, 2.75) is 0 Å². The number of hydrogen-bond donors (Lipinski definition) is 1. The zero-order valence-electron chi connectivity index (χ0n) is 13.6. The van der Waals surface area contributed by atoms with Crippen LogP contribution >= 0.6 is 22.9 Å². The lowest BCUT2D eigenvalue weighted by Gasteiger charge is -2.09. The maximum Gasteiger partial charge on any atom is 0.282 e. The number of ketones is 1. The quantitative estimate of drug-likeness (QED) is 0.527. The number of halogens is 2. The molecule has 0 radical (unpaired) electrons. The highest BCUT2D eigenvalue weighted by Gasteiger charge is 2.21. The van der Waals surface area contributed by atoms with Crippen LogP contribution in [0.4, 0.5) is 9.39 Å². The predicted octanol–water partition coefficient (Wildman–Crippen LogP) is 4.05. The minimum Gasteiger partial charge on any atom is -0.390 e. The molecule has 0 bridgehead atoms. The normalized spacial score (nSPS) is 11.0. The molecule has 27 heavy (non-hydrogen) atoms. The third-order valence-electron chi connectivity index (χ3n) is 4.07. The van der Waals surface area contributed by atoms with Gasteiger partial charge in [-0.1, -0.05) is 11.6 Å². The van der Waals surface area contributed by atoms with Gasteiger partial charge >= 0.3 is 0 Å². The summed E-state index contributed by atoms with van der Waals surface area (Å²) in [5.41, 5.74) is 6.32. The highest BCUT2D eigenvalue weighted by Crippen LogP contribution is 2.28. The van der Waals surface area contributed by atoms with E-state index in [1.807, 2.05) is 0 Å². The molecule has 2 aromatic carbocycles. The molecule has 0 saturated carbocycles. The minimum atomic E-state index is -0.449. The van der Waals surface area contributed by atoms with Gasteiger partial charge < -0.3 is 5.73 Å². The SMILES string of the molecule is Nc1scc2c(C(=O)c3ccc(F)cc3)nn(-c3ccc(Cl)cc3)c(=O)c12. The molecule has 8 heteroatoms. The lowest BCUT2D eigenvalue weighted by atomic mass is 10.1. The van der Waals surface area contributed by atoms with Gasteiger partial charge in [-0.2, -0.15) is 9.78 Å². The molecule has 5 nitrogen and oxygen atoms in total. The number of hydrogen-bond acceptors (Lipinski definition) is 5. The van der Waals surface area contributed by atoms with Gasteiger partial charge in [-0.15, -0.1) is 11.3 Å². The van der Waals surface area contributed by atoms with E-state index >= 15 is 0 Å². The van der Waals surface area contributed by atoms with Crippen LogP contribution in [0.25, 0.3) is 16.5 Å². The first-order chi connectivity index (χ1) is 13.0. The fourth-order valence-electron chi connectivity index (χ4n) is 2.74. The summed E-state index contributed by atoms with van der Waals surface area (Å²) in [6.45, 7) is 0. The van der Waals surface area contributed by atoms with Crippen molar-refractivity contribution in [1.29, 1.82) is 0 Å². The van der Waals surface area contributed by atoms with Gasteiger partial charge in [-0.05, 0) is 48.5 Å². The molecule has 0 fully saturated rings. The Bertz CT molecular complexity index is 1230. The summed E-state index contributed by atoms with van der Waals surface area (Å²) in [6.07, 6.45) is 0. The van der Waals surface area contributed by atoms with Gasteiger partial charge in [-0.25, -0.2) is 4.39 Å². The van der Waals surface area contributed by atoms with E-state index in [1.54, 1.807) is 29.6 Å². The number of nitrogen functional groups attached to an aromatic ring is 1. The van der Waals surface area contributed by atoms with Gasteiger partial charge in [0.25, 0.3) is 5.56 Å². The molecule has 0 aliphatic heterocycles. The zero-order valence-corrected chi connectivity index (χ0v) is 15.2. The van der Waals surface area contributed by atoms with E-state index in [0.29, 0.717) is 21.1 Å². The first-order valence-corrected chi connectivity index (χ1v) is 9.07. The summed E-state index contributed by atoms with van der Waals surface area (Å²) in [4.78, 5) is 25.9. The molecule has 134 valence electrons. The Balaban J connectivity index is 1.99. The zero-order chi connectivity index (χ0) is 19.1. The Morgan fingerprint density at radius 1 is 1.11 bits per heavy atom. The van der Waals surface area contributed by atoms with E-state index in [2.05, 4.69) is 5.10 Å². The van der Waals surface area contributed by atoms with E-state index in [1.165, 1.54) is 24.3 Å². The standard InChI is InChI=1S/C19H11ClFN3O2S/c20-11-3-7-13(8-4-11)24-19(26)15-14(9-27-18(15)22)16(23-24)17(25)10-1-5-12(21)6-2-10/h1-9H,22H2.